The molecule has 0 aliphatic carbocycles. The van der Waals surface area contributed by atoms with Crippen molar-refractivity contribution in [3.63, 3.8) is 0 Å². The van der Waals surface area contributed by atoms with Crippen LogP contribution >= 0.6 is 0 Å². The molecule has 2 amide bonds. The minimum atomic E-state index is -0.199. The highest BCUT2D eigenvalue weighted by molar-refractivity contribution is 5.93. The number of piperazine rings is 1. The Morgan fingerprint density at radius 3 is 2.03 bits per heavy atom. The molecule has 1 aliphatic heterocycles. The van der Waals surface area contributed by atoms with Gasteiger partial charge in [0.15, 0.2) is 5.82 Å². The van der Waals surface area contributed by atoms with Gasteiger partial charge in [-0.05, 0) is 36.4 Å². The number of carbonyl (C=O) groups is 1. The van der Waals surface area contributed by atoms with Crippen LogP contribution in [-0.2, 0) is 0 Å². The van der Waals surface area contributed by atoms with Gasteiger partial charge in [-0.2, -0.15) is 0 Å². The van der Waals surface area contributed by atoms with E-state index < -0.39 is 0 Å². The molecule has 1 N–H and O–H groups in total. The van der Waals surface area contributed by atoms with E-state index >= 15 is 0 Å². The zero-order chi connectivity index (χ0) is 23.2. The number of nitrogens with zero attached hydrogens (tertiary/aromatic N) is 4. The second kappa shape index (κ2) is 10.1. The quantitative estimate of drug-likeness (QED) is 0.616. The van der Waals surface area contributed by atoms with Gasteiger partial charge in [-0.15, -0.1) is 10.2 Å². The van der Waals surface area contributed by atoms with Crippen LogP contribution in [0.15, 0.2) is 54.6 Å². The predicted molar refractivity (Wildman–Crippen MR) is 126 cm³/mol. The molecule has 3 aromatic rings. The molecule has 4 rings (SSSR count). The number of amides is 2. The van der Waals surface area contributed by atoms with Gasteiger partial charge in [-0.25, -0.2) is 4.79 Å². The average molecular weight is 450 g/mol. The summed E-state index contributed by atoms with van der Waals surface area (Å²) in [5.41, 5.74) is 2.17. The first-order chi connectivity index (χ1) is 16.1. The topological polar surface area (TPSA) is 89.1 Å². The molecule has 33 heavy (non-hydrogen) atoms. The number of methoxy groups -OCH3 is 3. The van der Waals surface area contributed by atoms with Crippen LogP contribution in [0.2, 0.25) is 0 Å². The van der Waals surface area contributed by atoms with Gasteiger partial charge >= 0.3 is 6.03 Å². The maximum Gasteiger partial charge on any atom is 0.322 e. The normalized spacial score (nSPS) is 13.4. The largest absolute Gasteiger partial charge is 0.496 e. The zero-order valence-corrected chi connectivity index (χ0v) is 18.9. The number of urea groups is 1. The van der Waals surface area contributed by atoms with Crippen LogP contribution < -0.4 is 24.4 Å². The molecule has 0 saturated carbocycles. The number of benzene rings is 2. The number of anilines is 2. The fourth-order valence-electron chi connectivity index (χ4n) is 3.79. The molecule has 0 bridgehead atoms. The van der Waals surface area contributed by atoms with Gasteiger partial charge < -0.3 is 29.3 Å². The molecular formula is C24H27N5O4. The Morgan fingerprint density at radius 2 is 1.42 bits per heavy atom. The predicted octanol–water partition coefficient (Wildman–Crippen LogP) is 3.52. The van der Waals surface area contributed by atoms with Crippen molar-refractivity contribution in [1.29, 1.82) is 0 Å². The van der Waals surface area contributed by atoms with Gasteiger partial charge in [-0.1, -0.05) is 18.2 Å². The molecule has 1 fully saturated rings. The van der Waals surface area contributed by atoms with Gasteiger partial charge in [0.05, 0.1) is 27.0 Å². The number of nitrogens with one attached hydrogen (secondary N) is 1. The Morgan fingerprint density at radius 1 is 0.788 bits per heavy atom. The van der Waals surface area contributed by atoms with E-state index in [0.717, 1.165) is 22.8 Å². The van der Waals surface area contributed by atoms with E-state index in [2.05, 4.69) is 20.4 Å². The van der Waals surface area contributed by atoms with E-state index in [4.69, 9.17) is 14.2 Å². The number of para-hydroxylation sites is 2. The van der Waals surface area contributed by atoms with Gasteiger partial charge in [0.25, 0.3) is 0 Å². The lowest BCUT2D eigenvalue weighted by atomic mass is 10.1. The second-order valence-corrected chi connectivity index (χ2v) is 7.42. The van der Waals surface area contributed by atoms with E-state index in [1.165, 1.54) is 0 Å². The fourth-order valence-corrected chi connectivity index (χ4v) is 3.79. The lowest BCUT2D eigenvalue weighted by Crippen LogP contribution is -2.50. The van der Waals surface area contributed by atoms with Crippen LogP contribution in [-0.4, -0.2) is 68.6 Å². The lowest BCUT2D eigenvalue weighted by molar-refractivity contribution is 0.207. The Bertz CT molecular complexity index is 1080. The van der Waals surface area contributed by atoms with Crippen LogP contribution in [0.25, 0.3) is 11.3 Å². The first-order valence-corrected chi connectivity index (χ1v) is 10.6. The summed E-state index contributed by atoms with van der Waals surface area (Å²) in [6, 6.07) is 16.8. The number of carbonyl (C=O) groups excluding carboxylic acids is 1. The maximum atomic E-state index is 12.9. The third kappa shape index (κ3) is 4.77. The molecule has 0 spiro atoms. The van der Waals surface area contributed by atoms with Crippen LogP contribution in [0.4, 0.5) is 16.3 Å². The Kier molecular flexibility index (Phi) is 6.77. The highest BCUT2D eigenvalue weighted by Crippen LogP contribution is 2.34. The number of hydrogen-bond acceptors (Lipinski definition) is 7. The van der Waals surface area contributed by atoms with Crippen molar-refractivity contribution in [2.24, 2.45) is 0 Å². The Labute approximate surface area is 192 Å². The summed E-state index contributed by atoms with van der Waals surface area (Å²) in [4.78, 5) is 16.7. The van der Waals surface area contributed by atoms with E-state index in [0.29, 0.717) is 43.4 Å². The van der Waals surface area contributed by atoms with Crippen molar-refractivity contribution < 1.29 is 19.0 Å². The van der Waals surface area contributed by atoms with E-state index in [-0.39, 0.29) is 6.03 Å². The average Bonchev–Trinajstić information content (AvgIpc) is 2.89. The minimum Gasteiger partial charge on any atom is -0.496 e. The number of aromatic nitrogens is 2. The molecule has 2 heterocycles. The SMILES string of the molecule is COc1ccccc1-c1ccc(N2CCN(C(=O)Nc3c(OC)cccc3OC)CC2)nn1. The molecule has 9 nitrogen and oxygen atoms in total. The van der Waals surface area contributed by atoms with Crippen molar-refractivity contribution in [3.05, 3.63) is 54.6 Å². The fraction of sp³-hybridized carbons (Fsp3) is 0.292. The third-order valence-corrected chi connectivity index (χ3v) is 5.58. The molecule has 1 aromatic heterocycles. The summed E-state index contributed by atoms with van der Waals surface area (Å²) in [5.74, 6) is 2.63. The van der Waals surface area contributed by atoms with Crippen molar-refractivity contribution in [2.45, 2.75) is 0 Å². The third-order valence-electron chi connectivity index (χ3n) is 5.58. The second-order valence-electron chi connectivity index (χ2n) is 7.42. The van der Waals surface area contributed by atoms with Gasteiger partial charge in [0.2, 0.25) is 0 Å². The molecular weight excluding hydrogens is 422 g/mol. The van der Waals surface area contributed by atoms with E-state index in [1.807, 2.05) is 42.5 Å². The molecule has 2 aromatic carbocycles. The number of ether oxygens (including phenoxy) is 3. The monoisotopic (exact) mass is 449 g/mol. The van der Waals surface area contributed by atoms with Gasteiger partial charge in [-0.3, -0.25) is 0 Å². The summed E-state index contributed by atoms with van der Waals surface area (Å²) >= 11 is 0. The van der Waals surface area contributed by atoms with Gasteiger partial charge in [0.1, 0.15) is 22.9 Å². The standard InChI is InChI=1S/C24H27N5O4/c1-31-19-8-5-4-7-17(19)18-11-12-22(27-26-18)28-13-15-29(16-14-28)24(30)25-23-20(32-2)9-6-10-21(23)33-3/h4-12H,13-16H2,1-3H3,(H,25,30). The summed E-state index contributed by atoms with van der Waals surface area (Å²) in [6.45, 7) is 2.41. The number of rotatable bonds is 6. The van der Waals surface area contributed by atoms with Crippen molar-refractivity contribution in [1.82, 2.24) is 15.1 Å². The highest BCUT2D eigenvalue weighted by atomic mass is 16.5. The molecule has 0 radical (unpaired) electrons. The molecule has 0 atom stereocenters. The highest BCUT2D eigenvalue weighted by Gasteiger charge is 2.24. The van der Waals surface area contributed by atoms with Crippen molar-refractivity contribution in [2.75, 3.05) is 57.7 Å². The lowest BCUT2D eigenvalue weighted by Gasteiger charge is -2.35. The summed E-state index contributed by atoms with van der Waals surface area (Å²) < 4.78 is 16.1. The Hall–Kier alpha value is -4.01. The zero-order valence-electron chi connectivity index (χ0n) is 18.9. The molecule has 9 heteroatoms. The van der Waals surface area contributed by atoms with Crippen molar-refractivity contribution in [3.8, 4) is 28.5 Å². The van der Waals surface area contributed by atoms with E-state index in [9.17, 15) is 4.79 Å². The molecule has 172 valence electrons. The van der Waals surface area contributed by atoms with Crippen LogP contribution in [0, 0.1) is 0 Å². The van der Waals surface area contributed by atoms with Gasteiger partial charge in [0, 0.05) is 31.7 Å². The first kappa shape index (κ1) is 22.2. The maximum absolute atomic E-state index is 12.9. The molecule has 1 aliphatic rings. The molecule has 1 saturated heterocycles. The van der Waals surface area contributed by atoms with Crippen LogP contribution in [0.1, 0.15) is 0 Å². The molecule has 0 unspecified atom stereocenters. The van der Waals surface area contributed by atoms with Crippen molar-refractivity contribution >= 4 is 17.5 Å². The van der Waals surface area contributed by atoms with Crippen LogP contribution in [0.3, 0.4) is 0 Å². The Balaban J connectivity index is 1.39. The summed E-state index contributed by atoms with van der Waals surface area (Å²) in [7, 11) is 4.76. The first-order valence-electron chi connectivity index (χ1n) is 10.6. The summed E-state index contributed by atoms with van der Waals surface area (Å²) in [6.07, 6.45) is 0. The summed E-state index contributed by atoms with van der Waals surface area (Å²) in [5, 5.41) is 11.7. The van der Waals surface area contributed by atoms with E-state index in [1.54, 1.807) is 38.4 Å². The smallest absolute Gasteiger partial charge is 0.322 e. The van der Waals surface area contributed by atoms with Crippen LogP contribution in [0.5, 0.6) is 17.2 Å². The number of hydrogen-bond donors (Lipinski definition) is 1. The minimum absolute atomic E-state index is 0.199.